The van der Waals surface area contributed by atoms with Gasteiger partial charge in [0.25, 0.3) is 5.91 Å². The second-order valence-corrected chi connectivity index (χ2v) is 10.5. The fourth-order valence-electron chi connectivity index (χ4n) is 3.38. The lowest BCUT2D eigenvalue weighted by atomic mass is 9.86. The fraction of sp³-hybridized carbons (Fsp3) is 0.435. The Hall–Kier alpha value is -2.74. The summed E-state index contributed by atoms with van der Waals surface area (Å²) in [7, 11) is -3.59. The Balaban J connectivity index is 1.79. The highest BCUT2D eigenvalue weighted by molar-refractivity contribution is 7.92. The number of amides is 1. The number of fused-ring (bicyclic) bond motifs is 1. The predicted octanol–water partition coefficient (Wildman–Crippen LogP) is 3.23. The normalized spacial score (nSPS) is 16.3. The quantitative estimate of drug-likeness (QED) is 0.736. The zero-order chi connectivity index (χ0) is 22.8. The zero-order valence-electron chi connectivity index (χ0n) is 18.6. The Morgan fingerprint density at radius 2 is 1.97 bits per heavy atom. The van der Waals surface area contributed by atoms with Crippen molar-refractivity contribution in [3.05, 3.63) is 53.6 Å². The summed E-state index contributed by atoms with van der Waals surface area (Å²) in [6.07, 6.45) is 0.192. The summed E-state index contributed by atoms with van der Waals surface area (Å²) in [5, 5.41) is 2.84. The summed E-state index contributed by atoms with van der Waals surface area (Å²) in [6, 6.07) is 12.9. The molecule has 0 spiro atoms. The Morgan fingerprint density at radius 3 is 2.61 bits per heavy atom. The van der Waals surface area contributed by atoms with Gasteiger partial charge in [0, 0.05) is 6.54 Å². The minimum absolute atomic E-state index is 0.0791. The van der Waals surface area contributed by atoms with Gasteiger partial charge in [-0.05, 0) is 47.7 Å². The minimum Gasteiger partial charge on any atom is -0.494 e. The third kappa shape index (κ3) is 5.50. The number of hydrogen-bond acceptors (Lipinski definition) is 5. The zero-order valence-corrected chi connectivity index (χ0v) is 19.5. The van der Waals surface area contributed by atoms with Crippen molar-refractivity contribution in [2.45, 2.75) is 45.8 Å². The Labute approximate surface area is 184 Å². The van der Waals surface area contributed by atoms with Crippen LogP contribution in [0.25, 0.3) is 0 Å². The van der Waals surface area contributed by atoms with Crippen LogP contribution in [0, 0.1) is 0 Å². The van der Waals surface area contributed by atoms with Gasteiger partial charge in [0.05, 0.1) is 25.1 Å². The highest BCUT2D eigenvalue weighted by atomic mass is 32.2. The number of sulfonamides is 1. The van der Waals surface area contributed by atoms with Gasteiger partial charge in [-0.3, -0.25) is 9.10 Å². The molecule has 1 aliphatic heterocycles. The van der Waals surface area contributed by atoms with E-state index in [0.717, 1.165) is 23.1 Å². The molecule has 0 bridgehead atoms. The molecule has 2 aromatic carbocycles. The molecule has 3 rings (SSSR count). The first kappa shape index (κ1) is 22.9. The lowest BCUT2D eigenvalue weighted by Crippen LogP contribution is -2.50. The predicted molar refractivity (Wildman–Crippen MR) is 121 cm³/mol. The lowest BCUT2D eigenvalue weighted by Gasteiger charge is -2.35. The van der Waals surface area contributed by atoms with Crippen LogP contribution in [0.1, 0.15) is 38.8 Å². The van der Waals surface area contributed by atoms with Gasteiger partial charge in [0.1, 0.15) is 11.5 Å². The van der Waals surface area contributed by atoms with Gasteiger partial charge in [-0.25, -0.2) is 8.42 Å². The van der Waals surface area contributed by atoms with Crippen LogP contribution in [0.15, 0.2) is 42.5 Å². The summed E-state index contributed by atoms with van der Waals surface area (Å²) in [6.45, 7) is 8.84. The number of nitrogens with zero attached hydrogens (tertiary/aromatic N) is 1. The number of anilines is 1. The second kappa shape index (κ2) is 8.78. The van der Waals surface area contributed by atoms with E-state index in [-0.39, 0.29) is 24.4 Å². The maximum Gasteiger partial charge on any atom is 0.263 e. The maximum absolute atomic E-state index is 12.8. The smallest absolute Gasteiger partial charge is 0.263 e. The SMILES string of the molecule is CCOc1cccc(CNC(=O)C2CN(S(C)(=O)=O)c3cc(C(C)(C)C)ccc3O2)c1. The second-order valence-electron chi connectivity index (χ2n) is 8.63. The van der Waals surface area contributed by atoms with E-state index in [1.165, 1.54) is 4.31 Å². The molecule has 168 valence electrons. The van der Waals surface area contributed by atoms with Crippen molar-refractivity contribution < 1.29 is 22.7 Å². The topological polar surface area (TPSA) is 84.9 Å². The molecule has 7 nitrogen and oxygen atoms in total. The molecule has 1 unspecified atom stereocenters. The Morgan fingerprint density at radius 1 is 1.23 bits per heavy atom. The molecule has 0 saturated carbocycles. The van der Waals surface area contributed by atoms with E-state index in [4.69, 9.17) is 9.47 Å². The van der Waals surface area contributed by atoms with Crippen LogP contribution in [0.3, 0.4) is 0 Å². The summed E-state index contributed by atoms with van der Waals surface area (Å²) < 4.78 is 37.6. The maximum atomic E-state index is 12.8. The average Bonchev–Trinajstić information content (AvgIpc) is 2.70. The summed E-state index contributed by atoms with van der Waals surface area (Å²) >= 11 is 0. The number of nitrogens with one attached hydrogen (secondary N) is 1. The van der Waals surface area contributed by atoms with Gasteiger partial charge in [0.2, 0.25) is 10.0 Å². The number of carbonyl (C=O) groups excluding carboxylic acids is 1. The van der Waals surface area contributed by atoms with Crippen LogP contribution in [-0.4, -0.2) is 39.8 Å². The number of benzene rings is 2. The molecule has 2 aromatic rings. The first-order valence-electron chi connectivity index (χ1n) is 10.3. The van der Waals surface area contributed by atoms with Gasteiger partial charge in [0.15, 0.2) is 6.10 Å². The molecule has 1 atom stereocenters. The van der Waals surface area contributed by atoms with E-state index in [1.807, 2.05) is 43.3 Å². The van der Waals surface area contributed by atoms with Gasteiger partial charge in [-0.2, -0.15) is 0 Å². The summed E-state index contributed by atoms with van der Waals surface area (Å²) in [5.74, 6) is 0.735. The molecule has 1 heterocycles. The number of ether oxygens (including phenoxy) is 2. The number of hydrogen-bond donors (Lipinski definition) is 1. The van der Waals surface area contributed by atoms with Gasteiger partial charge < -0.3 is 14.8 Å². The molecule has 8 heteroatoms. The van der Waals surface area contributed by atoms with Gasteiger partial charge in [-0.1, -0.05) is 39.0 Å². The molecule has 1 N–H and O–H groups in total. The van der Waals surface area contributed by atoms with Crippen LogP contribution < -0.4 is 19.1 Å². The van der Waals surface area contributed by atoms with Gasteiger partial charge >= 0.3 is 0 Å². The standard InChI is InChI=1S/C23H30N2O5S/c1-6-29-18-9-7-8-16(12-18)14-24-22(26)21-15-25(31(5,27)28)19-13-17(23(2,3)4)10-11-20(19)30-21/h7-13,21H,6,14-15H2,1-5H3,(H,24,26). The molecule has 0 radical (unpaired) electrons. The molecule has 0 saturated heterocycles. The monoisotopic (exact) mass is 446 g/mol. The van der Waals surface area contributed by atoms with E-state index < -0.39 is 16.1 Å². The van der Waals surface area contributed by atoms with Crippen molar-refractivity contribution in [2.75, 3.05) is 23.7 Å². The molecule has 0 aromatic heterocycles. The molecule has 0 fully saturated rings. The van der Waals surface area contributed by atoms with Crippen LogP contribution in [0.2, 0.25) is 0 Å². The van der Waals surface area contributed by atoms with E-state index in [2.05, 4.69) is 26.1 Å². The van der Waals surface area contributed by atoms with Gasteiger partial charge in [-0.15, -0.1) is 0 Å². The van der Waals surface area contributed by atoms with Crippen LogP contribution >= 0.6 is 0 Å². The van der Waals surface area contributed by atoms with Crippen molar-refractivity contribution in [2.24, 2.45) is 0 Å². The Bertz CT molecular complexity index is 1060. The summed E-state index contributed by atoms with van der Waals surface area (Å²) in [5.41, 5.74) is 2.18. The molecular formula is C23H30N2O5S. The first-order valence-corrected chi connectivity index (χ1v) is 12.1. The Kier molecular flexibility index (Phi) is 6.50. The third-order valence-corrected chi connectivity index (χ3v) is 6.21. The first-order chi connectivity index (χ1) is 14.5. The minimum atomic E-state index is -3.59. The fourth-order valence-corrected chi connectivity index (χ4v) is 4.29. The highest BCUT2D eigenvalue weighted by Gasteiger charge is 2.35. The lowest BCUT2D eigenvalue weighted by molar-refractivity contribution is -0.127. The van der Waals surface area contributed by atoms with E-state index in [9.17, 15) is 13.2 Å². The van der Waals surface area contributed by atoms with E-state index in [1.54, 1.807) is 6.07 Å². The average molecular weight is 447 g/mol. The molecule has 1 aliphatic rings. The highest BCUT2D eigenvalue weighted by Crippen LogP contribution is 2.38. The van der Waals surface area contributed by atoms with Crippen LogP contribution in [0.4, 0.5) is 5.69 Å². The molecule has 1 amide bonds. The van der Waals surface area contributed by atoms with Crippen molar-refractivity contribution in [3.8, 4) is 11.5 Å². The number of carbonyl (C=O) groups is 1. The van der Waals surface area contributed by atoms with Crippen molar-refractivity contribution >= 4 is 21.6 Å². The molecule has 0 aliphatic carbocycles. The molecule has 31 heavy (non-hydrogen) atoms. The largest absolute Gasteiger partial charge is 0.494 e. The van der Waals surface area contributed by atoms with E-state index >= 15 is 0 Å². The van der Waals surface area contributed by atoms with Crippen LogP contribution in [0.5, 0.6) is 11.5 Å². The van der Waals surface area contributed by atoms with Crippen LogP contribution in [-0.2, 0) is 26.8 Å². The van der Waals surface area contributed by atoms with Crippen molar-refractivity contribution in [1.82, 2.24) is 5.32 Å². The molecular weight excluding hydrogens is 416 g/mol. The number of rotatable bonds is 6. The third-order valence-electron chi connectivity index (χ3n) is 5.06. The van der Waals surface area contributed by atoms with E-state index in [0.29, 0.717) is 18.0 Å². The van der Waals surface area contributed by atoms with Crippen molar-refractivity contribution in [1.29, 1.82) is 0 Å². The van der Waals surface area contributed by atoms with Crippen molar-refractivity contribution in [3.63, 3.8) is 0 Å². The summed E-state index contributed by atoms with van der Waals surface area (Å²) in [4.78, 5) is 12.8.